The van der Waals surface area contributed by atoms with E-state index >= 15 is 0 Å². The first-order chi connectivity index (χ1) is 9.79. The van der Waals surface area contributed by atoms with E-state index in [9.17, 15) is 4.79 Å². The van der Waals surface area contributed by atoms with Crippen molar-refractivity contribution >= 4 is 29.7 Å². The van der Waals surface area contributed by atoms with Gasteiger partial charge < -0.3 is 10.6 Å². The number of nitrogens with zero attached hydrogens (tertiary/aromatic N) is 1. The summed E-state index contributed by atoms with van der Waals surface area (Å²) >= 11 is 1.62. The van der Waals surface area contributed by atoms with Gasteiger partial charge in [-0.15, -0.1) is 23.7 Å². The predicted molar refractivity (Wildman–Crippen MR) is 91.1 cm³/mol. The van der Waals surface area contributed by atoms with E-state index in [0.717, 1.165) is 17.8 Å². The lowest BCUT2D eigenvalue weighted by molar-refractivity contribution is -0.130. The molecule has 5 heteroatoms. The minimum absolute atomic E-state index is 0. The Labute approximate surface area is 136 Å². The van der Waals surface area contributed by atoms with Crippen LogP contribution >= 0.6 is 23.7 Å². The average molecular weight is 325 g/mol. The topological polar surface area (TPSA) is 46.3 Å². The number of amides is 1. The van der Waals surface area contributed by atoms with Gasteiger partial charge in [0.2, 0.25) is 5.91 Å². The van der Waals surface area contributed by atoms with Crippen molar-refractivity contribution in [2.24, 2.45) is 5.73 Å². The zero-order chi connectivity index (χ0) is 14.2. The minimum Gasteiger partial charge on any atom is -0.341 e. The van der Waals surface area contributed by atoms with Gasteiger partial charge in [-0.2, -0.15) is 0 Å². The number of hydrogen-bond acceptors (Lipinski definition) is 3. The van der Waals surface area contributed by atoms with Crippen LogP contribution in [0.3, 0.4) is 0 Å². The van der Waals surface area contributed by atoms with Crippen molar-refractivity contribution in [3.05, 3.63) is 58.3 Å². The molecule has 2 rings (SSSR count). The number of halogens is 1. The summed E-state index contributed by atoms with van der Waals surface area (Å²) in [4.78, 5) is 15.3. The molecule has 2 aromatic rings. The van der Waals surface area contributed by atoms with Crippen molar-refractivity contribution in [3.8, 4) is 0 Å². The summed E-state index contributed by atoms with van der Waals surface area (Å²) in [5, 5.41) is 2.00. The van der Waals surface area contributed by atoms with Crippen LogP contribution in [0.5, 0.6) is 0 Å². The van der Waals surface area contributed by atoms with Crippen LogP contribution in [0.25, 0.3) is 0 Å². The maximum Gasteiger partial charge on any atom is 0.227 e. The molecule has 2 N–H and O–H groups in total. The zero-order valence-corrected chi connectivity index (χ0v) is 13.5. The maximum absolute atomic E-state index is 12.3. The largest absolute Gasteiger partial charge is 0.341 e. The maximum atomic E-state index is 12.3. The van der Waals surface area contributed by atoms with Crippen molar-refractivity contribution in [2.75, 3.05) is 19.6 Å². The van der Waals surface area contributed by atoms with Gasteiger partial charge in [0, 0.05) is 24.5 Å². The molecule has 1 aromatic carbocycles. The van der Waals surface area contributed by atoms with E-state index in [4.69, 9.17) is 5.73 Å². The van der Waals surface area contributed by atoms with Crippen molar-refractivity contribution in [1.29, 1.82) is 0 Å². The third-order valence-corrected chi connectivity index (χ3v) is 4.05. The average Bonchev–Trinajstić information content (AvgIpc) is 2.97. The second-order valence-corrected chi connectivity index (χ2v) is 5.69. The Kier molecular flexibility index (Phi) is 8.05. The van der Waals surface area contributed by atoms with Crippen LogP contribution in [0.4, 0.5) is 0 Å². The molecule has 0 aliphatic rings. The van der Waals surface area contributed by atoms with Gasteiger partial charge >= 0.3 is 0 Å². The fraction of sp³-hybridized carbons (Fsp3) is 0.312. The van der Waals surface area contributed by atoms with E-state index in [0.29, 0.717) is 19.5 Å². The van der Waals surface area contributed by atoms with Crippen molar-refractivity contribution in [2.45, 2.75) is 12.8 Å². The van der Waals surface area contributed by atoms with E-state index in [1.54, 1.807) is 11.3 Å². The molecule has 0 saturated carbocycles. The highest BCUT2D eigenvalue weighted by Crippen LogP contribution is 2.11. The van der Waals surface area contributed by atoms with E-state index in [2.05, 4.69) is 12.1 Å². The fourth-order valence-electron chi connectivity index (χ4n) is 2.10. The second-order valence-electron chi connectivity index (χ2n) is 4.66. The molecule has 0 saturated heterocycles. The Bertz CT molecular complexity index is 516. The van der Waals surface area contributed by atoms with Gasteiger partial charge in [0.15, 0.2) is 0 Å². The third kappa shape index (κ3) is 5.87. The molecule has 0 radical (unpaired) electrons. The number of carbonyl (C=O) groups is 1. The molecule has 1 aromatic heterocycles. The normalized spacial score (nSPS) is 9.95. The Balaban J connectivity index is 0.00000220. The summed E-state index contributed by atoms with van der Waals surface area (Å²) in [7, 11) is 0. The molecule has 0 atom stereocenters. The standard InChI is InChI=1S/C16H20N2OS.ClH/c17-9-11-18(10-8-14-5-2-1-3-6-14)16(19)13-15-7-4-12-20-15;/h1-7,12H,8-11,13,17H2;1H. The third-order valence-electron chi connectivity index (χ3n) is 3.17. The highest BCUT2D eigenvalue weighted by molar-refractivity contribution is 7.10. The first kappa shape index (κ1) is 17.7. The number of benzene rings is 1. The van der Waals surface area contributed by atoms with Crippen LogP contribution in [-0.4, -0.2) is 30.4 Å². The number of nitrogens with two attached hydrogens (primary N) is 1. The van der Waals surface area contributed by atoms with Gasteiger partial charge in [-0.1, -0.05) is 36.4 Å². The second kappa shape index (κ2) is 9.55. The van der Waals surface area contributed by atoms with Gasteiger partial charge in [-0.05, 0) is 23.4 Å². The number of rotatable bonds is 7. The molecule has 0 unspecified atom stereocenters. The monoisotopic (exact) mass is 324 g/mol. The summed E-state index contributed by atoms with van der Waals surface area (Å²) in [6.07, 6.45) is 1.35. The van der Waals surface area contributed by atoms with E-state index in [1.165, 1.54) is 5.56 Å². The Morgan fingerprint density at radius 2 is 1.86 bits per heavy atom. The van der Waals surface area contributed by atoms with Gasteiger partial charge in [0.05, 0.1) is 6.42 Å². The molecule has 0 fully saturated rings. The molecule has 114 valence electrons. The molecular formula is C16H21ClN2OS. The van der Waals surface area contributed by atoms with Crippen LogP contribution < -0.4 is 5.73 Å². The Morgan fingerprint density at radius 3 is 2.48 bits per heavy atom. The summed E-state index contributed by atoms with van der Waals surface area (Å²) in [5.74, 6) is 0.161. The number of hydrogen-bond donors (Lipinski definition) is 1. The van der Waals surface area contributed by atoms with Crippen LogP contribution in [-0.2, 0) is 17.6 Å². The lowest BCUT2D eigenvalue weighted by Crippen LogP contribution is -2.37. The SMILES string of the molecule is Cl.NCCN(CCc1ccccc1)C(=O)Cc1cccs1. The molecule has 3 nitrogen and oxygen atoms in total. The summed E-state index contributed by atoms with van der Waals surface area (Å²) in [6.45, 7) is 1.85. The van der Waals surface area contributed by atoms with Gasteiger partial charge in [0.1, 0.15) is 0 Å². The van der Waals surface area contributed by atoms with Crippen molar-refractivity contribution < 1.29 is 4.79 Å². The van der Waals surface area contributed by atoms with E-state index in [1.807, 2.05) is 40.6 Å². The lowest BCUT2D eigenvalue weighted by Gasteiger charge is -2.22. The van der Waals surface area contributed by atoms with Crippen LogP contribution in [0, 0.1) is 0 Å². The molecule has 1 amide bonds. The molecule has 1 heterocycles. The lowest BCUT2D eigenvalue weighted by atomic mass is 10.1. The molecule has 0 aliphatic carbocycles. The molecule has 0 spiro atoms. The fourth-order valence-corrected chi connectivity index (χ4v) is 2.80. The molecule has 0 aliphatic heterocycles. The van der Waals surface area contributed by atoms with Gasteiger partial charge in [0.25, 0.3) is 0 Å². The van der Waals surface area contributed by atoms with Crippen molar-refractivity contribution in [3.63, 3.8) is 0 Å². The predicted octanol–water partition coefficient (Wildman–Crippen LogP) is 2.74. The Hall–Kier alpha value is -1.36. The number of carbonyl (C=O) groups excluding carboxylic acids is 1. The minimum atomic E-state index is 0. The van der Waals surface area contributed by atoms with E-state index < -0.39 is 0 Å². The smallest absolute Gasteiger partial charge is 0.227 e. The van der Waals surface area contributed by atoms with Crippen LogP contribution in [0.15, 0.2) is 47.8 Å². The summed E-state index contributed by atoms with van der Waals surface area (Å²) < 4.78 is 0. The highest BCUT2D eigenvalue weighted by atomic mass is 35.5. The first-order valence-electron chi connectivity index (χ1n) is 6.83. The van der Waals surface area contributed by atoms with Gasteiger partial charge in [-0.3, -0.25) is 4.79 Å². The summed E-state index contributed by atoms with van der Waals surface area (Å²) in [6, 6.07) is 14.2. The van der Waals surface area contributed by atoms with E-state index in [-0.39, 0.29) is 18.3 Å². The van der Waals surface area contributed by atoms with Crippen LogP contribution in [0.2, 0.25) is 0 Å². The van der Waals surface area contributed by atoms with Crippen molar-refractivity contribution in [1.82, 2.24) is 4.90 Å². The number of thiophene rings is 1. The Morgan fingerprint density at radius 1 is 1.10 bits per heavy atom. The zero-order valence-electron chi connectivity index (χ0n) is 11.9. The molecule has 0 bridgehead atoms. The van der Waals surface area contributed by atoms with Gasteiger partial charge in [-0.25, -0.2) is 0 Å². The first-order valence-corrected chi connectivity index (χ1v) is 7.71. The van der Waals surface area contributed by atoms with Crippen LogP contribution in [0.1, 0.15) is 10.4 Å². The molecular weight excluding hydrogens is 304 g/mol. The quantitative estimate of drug-likeness (QED) is 0.851. The summed E-state index contributed by atoms with van der Waals surface area (Å²) in [5.41, 5.74) is 6.87. The molecule has 21 heavy (non-hydrogen) atoms. The highest BCUT2D eigenvalue weighted by Gasteiger charge is 2.13.